The maximum Gasteiger partial charge on any atom is 0.294 e. The number of halogens is 2. The van der Waals surface area contributed by atoms with E-state index in [0.29, 0.717) is 0 Å². The molecule has 0 spiro atoms. The monoisotopic (exact) mass is 303 g/mol. The Morgan fingerprint density at radius 1 is 1.45 bits per heavy atom. The molecule has 0 saturated carbocycles. The molecule has 0 aromatic heterocycles. The molecule has 0 saturated heterocycles. The summed E-state index contributed by atoms with van der Waals surface area (Å²) in [7, 11) is 0. The zero-order valence-corrected chi connectivity index (χ0v) is 12.0. The molecule has 0 bridgehead atoms. The van der Waals surface area contributed by atoms with Crippen LogP contribution in [0, 0.1) is 15.9 Å². The van der Waals surface area contributed by atoms with Crippen molar-refractivity contribution in [3.63, 3.8) is 0 Å². The topological polar surface area (TPSA) is 84.3 Å². The first-order chi connectivity index (χ1) is 9.10. The molecule has 0 unspecified atom stereocenters. The summed E-state index contributed by atoms with van der Waals surface area (Å²) in [5.74, 6) is -1.15. The normalized spacial score (nSPS) is 11.1. The first kappa shape index (κ1) is 16.2. The van der Waals surface area contributed by atoms with Crippen LogP contribution in [0.3, 0.4) is 0 Å². The SMILES string of the molecule is CC(C)(C)NC(=O)CNc1cc(F)c(Cl)cc1[N+](=O)[O-]. The molecule has 0 aliphatic heterocycles. The van der Waals surface area contributed by atoms with Gasteiger partial charge in [0.15, 0.2) is 0 Å². The second-order valence-corrected chi connectivity index (χ2v) is 5.60. The molecule has 0 heterocycles. The third-order valence-corrected chi connectivity index (χ3v) is 2.48. The summed E-state index contributed by atoms with van der Waals surface area (Å²) in [4.78, 5) is 21.7. The first-order valence-corrected chi connectivity index (χ1v) is 6.16. The number of nitrogens with one attached hydrogen (secondary N) is 2. The predicted octanol–water partition coefficient (Wildman–Crippen LogP) is 2.71. The van der Waals surface area contributed by atoms with Gasteiger partial charge in [0.25, 0.3) is 5.69 Å². The van der Waals surface area contributed by atoms with Crippen LogP contribution in [0.4, 0.5) is 15.8 Å². The summed E-state index contributed by atoms with van der Waals surface area (Å²) in [6.45, 7) is 5.19. The number of rotatable bonds is 4. The zero-order valence-electron chi connectivity index (χ0n) is 11.3. The third kappa shape index (κ3) is 4.65. The fourth-order valence-electron chi connectivity index (χ4n) is 1.47. The number of anilines is 1. The molecule has 2 N–H and O–H groups in total. The number of nitro groups is 1. The summed E-state index contributed by atoms with van der Waals surface area (Å²) in [6.07, 6.45) is 0. The van der Waals surface area contributed by atoms with Crippen LogP contribution in [-0.4, -0.2) is 22.9 Å². The Balaban J connectivity index is 2.85. The number of benzene rings is 1. The molecule has 20 heavy (non-hydrogen) atoms. The van der Waals surface area contributed by atoms with Crippen molar-refractivity contribution >= 4 is 28.9 Å². The maximum atomic E-state index is 13.3. The van der Waals surface area contributed by atoms with Gasteiger partial charge in [-0.25, -0.2) is 4.39 Å². The van der Waals surface area contributed by atoms with Crippen LogP contribution < -0.4 is 10.6 Å². The Kier molecular flexibility index (Phi) is 4.88. The molecule has 8 heteroatoms. The van der Waals surface area contributed by atoms with Crippen molar-refractivity contribution in [1.82, 2.24) is 5.32 Å². The highest BCUT2D eigenvalue weighted by Gasteiger charge is 2.19. The fraction of sp³-hybridized carbons (Fsp3) is 0.417. The quantitative estimate of drug-likeness (QED) is 0.661. The molecule has 1 rings (SSSR count). The van der Waals surface area contributed by atoms with Gasteiger partial charge in [-0.2, -0.15) is 0 Å². The Labute approximate surface area is 120 Å². The number of carbonyl (C=O) groups excluding carboxylic acids is 1. The van der Waals surface area contributed by atoms with Crippen LogP contribution in [0.25, 0.3) is 0 Å². The van der Waals surface area contributed by atoms with E-state index in [1.807, 2.05) is 0 Å². The van der Waals surface area contributed by atoms with Gasteiger partial charge in [-0.15, -0.1) is 0 Å². The summed E-state index contributed by atoms with van der Waals surface area (Å²) in [5.41, 5.74) is -0.906. The predicted molar refractivity (Wildman–Crippen MR) is 74.4 cm³/mol. The van der Waals surface area contributed by atoms with Gasteiger partial charge in [-0.1, -0.05) is 11.6 Å². The van der Waals surface area contributed by atoms with E-state index in [1.54, 1.807) is 20.8 Å². The molecule has 1 amide bonds. The molecule has 0 aliphatic carbocycles. The molecule has 0 aliphatic rings. The van der Waals surface area contributed by atoms with Crippen LogP contribution >= 0.6 is 11.6 Å². The molecule has 0 radical (unpaired) electrons. The van der Waals surface area contributed by atoms with Crippen molar-refractivity contribution in [3.8, 4) is 0 Å². The Morgan fingerprint density at radius 2 is 2.05 bits per heavy atom. The number of nitro benzene ring substituents is 1. The molecule has 6 nitrogen and oxygen atoms in total. The maximum absolute atomic E-state index is 13.3. The standard InChI is InChI=1S/C12H15ClFN3O3/c1-12(2,3)16-11(18)6-15-9-5-8(14)7(13)4-10(9)17(19)20/h4-5,15H,6H2,1-3H3,(H,16,18). The smallest absolute Gasteiger partial charge is 0.294 e. The lowest BCUT2D eigenvalue weighted by Gasteiger charge is -2.20. The average Bonchev–Trinajstić information content (AvgIpc) is 2.27. The highest BCUT2D eigenvalue weighted by atomic mass is 35.5. The van der Waals surface area contributed by atoms with E-state index >= 15 is 0 Å². The lowest BCUT2D eigenvalue weighted by Crippen LogP contribution is -2.43. The summed E-state index contributed by atoms with van der Waals surface area (Å²) in [6, 6.07) is 1.80. The van der Waals surface area contributed by atoms with Crippen molar-refractivity contribution in [2.45, 2.75) is 26.3 Å². The number of hydrogen-bond acceptors (Lipinski definition) is 4. The van der Waals surface area contributed by atoms with E-state index in [4.69, 9.17) is 11.6 Å². The van der Waals surface area contributed by atoms with Gasteiger partial charge < -0.3 is 10.6 Å². The number of amides is 1. The average molecular weight is 304 g/mol. The van der Waals surface area contributed by atoms with Crippen LogP contribution in [0.5, 0.6) is 0 Å². The van der Waals surface area contributed by atoms with E-state index in [1.165, 1.54) is 0 Å². The second-order valence-electron chi connectivity index (χ2n) is 5.19. The number of carbonyl (C=O) groups is 1. The van der Waals surface area contributed by atoms with Gasteiger partial charge in [0.05, 0.1) is 16.5 Å². The van der Waals surface area contributed by atoms with Gasteiger partial charge in [0, 0.05) is 17.7 Å². The fourth-order valence-corrected chi connectivity index (χ4v) is 1.62. The molecular weight excluding hydrogens is 289 g/mol. The lowest BCUT2D eigenvalue weighted by atomic mass is 10.1. The number of hydrogen-bond donors (Lipinski definition) is 2. The van der Waals surface area contributed by atoms with Gasteiger partial charge in [-0.05, 0) is 20.8 Å². The molecule has 110 valence electrons. The Morgan fingerprint density at radius 3 is 2.55 bits per heavy atom. The van der Waals surface area contributed by atoms with Gasteiger partial charge in [0.2, 0.25) is 5.91 Å². The molecule has 0 atom stereocenters. The van der Waals surface area contributed by atoms with Crippen molar-refractivity contribution < 1.29 is 14.1 Å². The van der Waals surface area contributed by atoms with E-state index in [2.05, 4.69) is 10.6 Å². The van der Waals surface area contributed by atoms with Crippen molar-refractivity contribution in [2.75, 3.05) is 11.9 Å². The Bertz CT molecular complexity index is 543. The van der Waals surface area contributed by atoms with Crippen molar-refractivity contribution in [3.05, 3.63) is 33.1 Å². The highest BCUT2D eigenvalue weighted by molar-refractivity contribution is 6.31. The first-order valence-electron chi connectivity index (χ1n) is 5.78. The van der Waals surface area contributed by atoms with Crippen LogP contribution in [-0.2, 0) is 4.79 Å². The molecular formula is C12H15ClFN3O3. The van der Waals surface area contributed by atoms with E-state index < -0.39 is 16.3 Å². The lowest BCUT2D eigenvalue weighted by molar-refractivity contribution is -0.384. The van der Waals surface area contributed by atoms with E-state index in [9.17, 15) is 19.3 Å². The van der Waals surface area contributed by atoms with Crippen LogP contribution in [0.15, 0.2) is 12.1 Å². The number of nitrogens with zero attached hydrogens (tertiary/aromatic N) is 1. The largest absolute Gasteiger partial charge is 0.370 e. The summed E-state index contributed by atoms with van der Waals surface area (Å²) in [5, 5.41) is 15.7. The summed E-state index contributed by atoms with van der Waals surface area (Å²) < 4.78 is 13.3. The van der Waals surface area contributed by atoms with Gasteiger partial charge >= 0.3 is 0 Å². The molecule has 0 fully saturated rings. The van der Waals surface area contributed by atoms with Gasteiger partial charge in [-0.3, -0.25) is 14.9 Å². The van der Waals surface area contributed by atoms with E-state index in [-0.39, 0.29) is 28.8 Å². The zero-order chi connectivity index (χ0) is 15.5. The minimum atomic E-state index is -0.795. The van der Waals surface area contributed by atoms with Crippen molar-refractivity contribution in [1.29, 1.82) is 0 Å². The van der Waals surface area contributed by atoms with Crippen LogP contribution in [0.2, 0.25) is 5.02 Å². The second kappa shape index (κ2) is 6.04. The van der Waals surface area contributed by atoms with Crippen molar-refractivity contribution in [2.24, 2.45) is 0 Å². The Hall–Kier alpha value is -1.89. The van der Waals surface area contributed by atoms with Crippen LogP contribution in [0.1, 0.15) is 20.8 Å². The minimum absolute atomic E-state index is 0.0963. The molecule has 1 aromatic carbocycles. The van der Waals surface area contributed by atoms with Gasteiger partial charge in [0.1, 0.15) is 11.5 Å². The highest BCUT2D eigenvalue weighted by Crippen LogP contribution is 2.30. The summed E-state index contributed by atoms with van der Waals surface area (Å²) >= 11 is 5.49. The minimum Gasteiger partial charge on any atom is -0.370 e. The molecule has 1 aromatic rings. The van der Waals surface area contributed by atoms with E-state index in [0.717, 1.165) is 12.1 Å². The third-order valence-electron chi connectivity index (χ3n) is 2.19.